The molecule has 1 aromatic carbocycles. The molecule has 1 amide bonds. The zero-order chi connectivity index (χ0) is 18.7. The van der Waals surface area contributed by atoms with Crippen LogP contribution in [0.5, 0.6) is 5.75 Å². The number of carbonyl (C=O) groups is 1. The minimum Gasteiger partial charge on any atom is -0.492 e. The molecule has 2 heterocycles. The number of hydrogen-bond acceptors (Lipinski definition) is 5. The van der Waals surface area contributed by atoms with E-state index in [4.69, 9.17) is 28.6 Å². The van der Waals surface area contributed by atoms with E-state index in [1.54, 1.807) is 29.7 Å². The molecule has 0 radical (unpaired) electrons. The fourth-order valence-corrected chi connectivity index (χ4v) is 3.65. The van der Waals surface area contributed by atoms with Crippen molar-refractivity contribution in [1.82, 2.24) is 14.8 Å². The fraction of sp³-hybridized carbons (Fsp3) is 0.235. The Morgan fingerprint density at radius 1 is 1.50 bits per heavy atom. The van der Waals surface area contributed by atoms with Crippen LogP contribution in [-0.4, -0.2) is 27.3 Å². The Hall–Kier alpha value is -2.16. The summed E-state index contributed by atoms with van der Waals surface area (Å²) in [4.78, 5) is 13.8. The molecule has 3 aromatic rings. The first-order valence-corrected chi connectivity index (χ1v) is 9.61. The van der Waals surface area contributed by atoms with Gasteiger partial charge >= 0.3 is 0 Å². The lowest BCUT2D eigenvalue weighted by Crippen LogP contribution is -2.24. The third-order valence-corrected chi connectivity index (χ3v) is 5.10. The molecule has 6 nitrogen and oxygen atoms in total. The Bertz CT molecular complexity index is 966. The summed E-state index contributed by atoms with van der Waals surface area (Å²) in [5, 5.41) is 12.3. The number of anilines is 1. The molecule has 0 aliphatic rings. The molecule has 136 valence electrons. The number of carbonyl (C=O) groups excluding carboxylic acids is 1. The topological polar surface area (TPSA) is 71.9 Å². The Labute approximate surface area is 164 Å². The molecule has 0 bridgehead atoms. The highest BCUT2D eigenvalue weighted by atomic mass is 35.5. The normalized spacial score (nSPS) is 12.0. The van der Waals surface area contributed by atoms with E-state index in [1.165, 1.54) is 11.3 Å². The maximum absolute atomic E-state index is 12.8. The Morgan fingerprint density at radius 2 is 2.31 bits per heavy atom. The van der Waals surface area contributed by atoms with E-state index < -0.39 is 6.04 Å². The van der Waals surface area contributed by atoms with E-state index in [2.05, 4.69) is 15.5 Å². The first kappa shape index (κ1) is 18.6. The number of H-pyrrole nitrogens is 1. The summed E-state index contributed by atoms with van der Waals surface area (Å²) in [6.45, 7) is 4.12. The average Bonchev–Trinajstić information content (AvgIpc) is 3.26. The second-order valence-electron chi connectivity index (χ2n) is 5.44. The van der Waals surface area contributed by atoms with Crippen molar-refractivity contribution in [2.45, 2.75) is 19.9 Å². The zero-order valence-electron chi connectivity index (χ0n) is 14.2. The van der Waals surface area contributed by atoms with Crippen LogP contribution in [0.25, 0.3) is 10.7 Å². The molecule has 0 aliphatic heterocycles. The molecule has 1 atom stereocenters. The van der Waals surface area contributed by atoms with E-state index in [9.17, 15) is 4.79 Å². The maximum Gasteiger partial charge on any atom is 0.247 e. The molecule has 0 aliphatic carbocycles. The highest BCUT2D eigenvalue weighted by Crippen LogP contribution is 2.30. The van der Waals surface area contributed by atoms with Gasteiger partial charge < -0.3 is 10.1 Å². The van der Waals surface area contributed by atoms with Gasteiger partial charge in [0, 0.05) is 5.02 Å². The van der Waals surface area contributed by atoms with E-state index in [-0.39, 0.29) is 5.91 Å². The Morgan fingerprint density at radius 3 is 3.00 bits per heavy atom. The van der Waals surface area contributed by atoms with Crippen LogP contribution < -0.4 is 10.1 Å². The van der Waals surface area contributed by atoms with Crippen LogP contribution in [0.2, 0.25) is 5.02 Å². The predicted molar refractivity (Wildman–Crippen MR) is 107 cm³/mol. The van der Waals surface area contributed by atoms with Crippen molar-refractivity contribution in [2.24, 2.45) is 0 Å². The first-order valence-electron chi connectivity index (χ1n) is 7.95. The summed E-state index contributed by atoms with van der Waals surface area (Å²) in [6.07, 6.45) is 0. The highest BCUT2D eigenvalue weighted by Gasteiger charge is 2.22. The minimum absolute atomic E-state index is 0.247. The van der Waals surface area contributed by atoms with Crippen molar-refractivity contribution in [3.8, 4) is 16.5 Å². The lowest BCUT2D eigenvalue weighted by molar-refractivity contribution is -0.118. The van der Waals surface area contributed by atoms with Gasteiger partial charge in [-0.2, -0.15) is 5.10 Å². The first-order chi connectivity index (χ1) is 12.5. The number of benzene rings is 1. The number of nitrogens with zero attached hydrogens (tertiary/aromatic N) is 2. The molecule has 0 spiro atoms. The van der Waals surface area contributed by atoms with Crippen molar-refractivity contribution in [1.29, 1.82) is 0 Å². The second-order valence-corrected chi connectivity index (χ2v) is 7.21. The molecule has 2 aromatic heterocycles. The van der Waals surface area contributed by atoms with Gasteiger partial charge in [-0.05, 0) is 55.7 Å². The monoisotopic (exact) mass is 408 g/mol. The maximum atomic E-state index is 12.8. The number of nitrogens with one attached hydrogen (secondary N) is 2. The van der Waals surface area contributed by atoms with Gasteiger partial charge in [-0.3, -0.25) is 14.5 Å². The fourth-order valence-electron chi connectivity index (χ4n) is 2.48. The van der Waals surface area contributed by atoms with E-state index >= 15 is 0 Å². The smallest absolute Gasteiger partial charge is 0.247 e. The number of hydrogen-bond donors (Lipinski definition) is 2. The number of rotatable bonds is 6. The Balaban J connectivity index is 1.89. The quantitative estimate of drug-likeness (QED) is 0.568. The predicted octanol–water partition coefficient (Wildman–Crippen LogP) is 4.92. The van der Waals surface area contributed by atoms with Crippen molar-refractivity contribution in [2.75, 3.05) is 11.9 Å². The largest absolute Gasteiger partial charge is 0.492 e. The summed E-state index contributed by atoms with van der Waals surface area (Å²) in [5.74, 6) is 0.944. The van der Waals surface area contributed by atoms with Gasteiger partial charge in [0.1, 0.15) is 11.8 Å². The van der Waals surface area contributed by atoms with Crippen molar-refractivity contribution >= 4 is 46.8 Å². The minimum atomic E-state index is -0.577. The number of aromatic amines is 1. The van der Waals surface area contributed by atoms with Crippen LogP contribution in [0, 0.1) is 4.77 Å². The SMILES string of the molecule is CCOc1ccc(Cl)cc1NC(=O)C(C)n1c(-c2cccs2)n[nH]c1=S. The third-order valence-electron chi connectivity index (χ3n) is 3.71. The van der Waals surface area contributed by atoms with Gasteiger partial charge in [-0.15, -0.1) is 11.3 Å². The summed E-state index contributed by atoms with van der Waals surface area (Å²) < 4.78 is 7.63. The Kier molecular flexibility index (Phi) is 5.75. The van der Waals surface area contributed by atoms with E-state index in [1.807, 2.05) is 24.4 Å². The van der Waals surface area contributed by atoms with Crippen molar-refractivity contribution < 1.29 is 9.53 Å². The van der Waals surface area contributed by atoms with Crippen LogP contribution in [0.15, 0.2) is 35.7 Å². The molecule has 9 heteroatoms. The summed E-state index contributed by atoms with van der Waals surface area (Å²) >= 11 is 12.9. The lowest BCUT2D eigenvalue weighted by Gasteiger charge is -2.17. The molecular formula is C17H17ClN4O2S2. The molecule has 3 rings (SSSR count). The molecule has 26 heavy (non-hydrogen) atoms. The number of amides is 1. The van der Waals surface area contributed by atoms with Gasteiger partial charge in [0.15, 0.2) is 10.6 Å². The van der Waals surface area contributed by atoms with Gasteiger partial charge in [-0.25, -0.2) is 0 Å². The van der Waals surface area contributed by atoms with Crippen LogP contribution in [-0.2, 0) is 4.79 Å². The van der Waals surface area contributed by atoms with Gasteiger partial charge in [0.05, 0.1) is 17.2 Å². The van der Waals surface area contributed by atoms with Crippen molar-refractivity contribution in [3.05, 3.63) is 45.5 Å². The molecule has 0 fully saturated rings. The molecular weight excluding hydrogens is 392 g/mol. The third kappa shape index (κ3) is 3.82. The zero-order valence-corrected chi connectivity index (χ0v) is 16.5. The molecule has 1 unspecified atom stereocenters. The standard InChI is InChI=1S/C17H17ClN4O2S2/c1-3-24-13-7-6-11(18)9-12(13)19-16(23)10(2)22-15(20-21-17(22)25)14-5-4-8-26-14/h4-10H,3H2,1-2H3,(H,19,23)(H,21,25). The molecule has 0 saturated heterocycles. The number of thiophene rings is 1. The number of aromatic nitrogens is 3. The number of halogens is 1. The number of ether oxygens (including phenoxy) is 1. The highest BCUT2D eigenvalue weighted by molar-refractivity contribution is 7.71. The lowest BCUT2D eigenvalue weighted by atomic mass is 10.2. The summed E-state index contributed by atoms with van der Waals surface area (Å²) in [7, 11) is 0. The summed E-state index contributed by atoms with van der Waals surface area (Å²) in [6, 6.07) is 8.38. The summed E-state index contributed by atoms with van der Waals surface area (Å²) in [5.41, 5.74) is 0.517. The van der Waals surface area contributed by atoms with Gasteiger partial charge in [0.2, 0.25) is 5.91 Å². The van der Waals surface area contributed by atoms with Crippen molar-refractivity contribution in [3.63, 3.8) is 0 Å². The van der Waals surface area contributed by atoms with Crippen LogP contribution in [0.4, 0.5) is 5.69 Å². The molecule has 2 N–H and O–H groups in total. The van der Waals surface area contributed by atoms with Crippen LogP contribution in [0.3, 0.4) is 0 Å². The van der Waals surface area contributed by atoms with E-state index in [0.29, 0.717) is 33.7 Å². The van der Waals surface area contributed by atoms with Crippen LogP contribution >= 0.6 is 35.2 Å². The van der Waals surface area contributed by atoms with Crippen LogP contribution in [0.1, 0.15) is 19.9 Å². The van der Waals surface area contributed by atoms with Gasteiger partial charge in [-0.1, -0.05) is 17.7 Å². The van der Waals surface area contributed by atoms with Gasteiger partial charge in [0.25, 0.3) is 0 Å². The second kappa shape index (κ2) is 8.03. The molecule has 0 saturated carbocycles. The average molecular weight is 409 g/mol. The van der Waals surface area contributed by atoms with E-state index in [0.717, 1.165) is 4.88 Å².